The molecule has 3 aliphatic rings. The molecule has 16 heteroatoms. The zero-order chi connectivity index (χ0) is 44.0. The normalized spacial score (nSPS) is 21.1. The van der Waals surface area contributed by atoms with Crippen LogP contribution in [-0.4, -0.2) is 75.4 Å². The van der Waals surface area contributed by atoms with Crippen molar-refractivity contribution in [2.45, 2.75) is 91.0 Å². The predicted octanol–water partition coefficient (Wildman–Crippen LogP) is 9.57. The summed E-state index contributed by atoms with van der Waals surface area (Å²) in [6.07, 6.45) is 4.36. The van der Waals surface area contributed by atoms with E-state index in [1.807, 2.05) is 50.2 Å². The summed E-state index contributed by atoms with van der Waals surface area (Å²) in [6.45, 7) is 3.52. The lowest BCUT2D eigenvalue weighted by Crippen LogP contribution is -2.27. The van der Waals surface area contributed by atoms with Crippen molar-refractivity contribution in [2.24, 2.45) is 10.8 Å². The highest BCUT2D eigenvalue weighted by Gasteiger charge is 2.58. The van der Waals surface area contributed by atoms with Gasteiger partial charge in [0, 0.05) is 55.3 Å². The SMILES string of the molecule is COC(=O)C12CCC(CCNCc3cc4nc(-c5cccc(-c6cccc(Nc7nc(C(F)F)nc8cc(CN9CCC(O)C9)cnc78)c6C)c5C)oc4cc3OC(F)F)(CC1)C2. The first-order chi connectivity index (χ1) is 30.3. The molecule has 3 N–H and O–H groups in total. The second kappa shape index (κ2) is 17.1. The van der Waals surface area contributed by atoms with Gasteiger partial charge >= 0.3 is 12.6 Å². The second-order valence-corrected chi connectivity index (χ2v) is 17.4. The van der Waals surface area contributed by atoms with Gasteiger partial charge < -0.3 is 29.6 Å². The van der Waals surface area contributed by atoms with Crippen molar-refractivity contribution < 1.29 is 41.4 Å². The maximum absolute atomic E-state index is 14.1. The lowest BCUT2D eigenvalue weighted by atomic mass is 9.80. The Hall–Kier alpha value is -5.71. The summed E-state index contributed by atoms with van der Waals surface area (Å²) in [4.78, 5) is 32.3. The van der Waals surface area contributed by atoms with E-state index in [2.05, 4.69) is 30.5 Å². The third-order valence-electron chi connectivity index (χ3n) is 13.4. The first-order valence-electron chi connectivity index (χ1n) is 21.3. The summed E-state index contributed by atoms with van der Waals surface area (Å²) in [5.41, 5.74) is 7.13. The number of carbonyl (C=O) groups is 1. The number of fused-ring (bicyclic) bond motifs is 4. The van der Waals surface area contributed by atoms with Crippen molar-refractivity contribution in [3.8, 4) is 28.3 Å². The third kappa shape index (κ3) is 8.43. The summed E-state index contributed by atoms with van der Waals surface area (Å²) in [5, 5.41) is 16.6. The van der Waals surface area contributed by atoms with Gasteiger partial charge in [-0.15, -0.1) is 0 Å². The third-order valence-corrected chi connectivity index (χ3v) is 13.4. The van der Waals surface area contributed by atoms with E-state index in [1.165, 1.54) is 13.2 Å². The second-order valence-electron chi connectivity index (χ2n) is 17.4. The van der Waals surface area contributed by atoms with Gasteiger partial charge in [-0.05, 0) is 123 Å². The quantitative estimate of drug-likeness (QED) is 0.0513. The van der Waals surface area contributed by atoms with Gasteiger partial charge in [-0.3, -0.25) is 14.7 Å². The van der Waals surface area contributed by atoms with Crippen LogP contribution in [0.15, 0.2) is 65.2 Å². The average Bonchev–Trinajstić information content (AvgIpc) is 4.06. The Morgan fingerprint density at radius 1 is 0.968 bits per heavy atom. The lowest BCUT2D eigenvalue weighted by Gasteiger charge is -2.27. The van der Waals surface area contributed by atoms with Gasteiger partial charge in [-0.2, -0.15) is 8.78 Å². The molecular weight excluding hydrogens is 819 g/mol. The summed E-state index contributed by atoms with van der Waals surface area (Å²) >= 11 is 0. The number of anilines is 2. The van der Waals surface area contributed by atoms with Crippen LogP contribution < -0.4 is 15.4 Å². The molecule has 63 heavy (non-hydrogen) atoms. The Morgan fingerprint density at radius 2 is 1.73 bits per heavy atom. The number of ether oxygens (including phenoxy) is 2. The molecule has 3 aromatic carbocycles. The summed E-state index contributed by atoms with van der Waals surface area (Å²) in [5.74, 6) is -0.282. The molecule has 12 nitrogen and oxygen atoms in total. The average molecular weight is 868 g/mol. The van der Waals surface area contributed by atoms with E-state index in [0.29, 0.717) is 65.4 Å². The molecule has 2 saturated carbocycles. The molecule has 0 amide bonds. The molecule has 6 aromatic rings. The fraction of sp³-hybridized carbons (Fsp3) is 0.426. The summed E-state index contributed by atoms with van der Waals surface area (Å²) in [6, 6.07) is 16.3. The summed E-state index contributed by atoms with van der Waals surface area (Å²) < 4.78 is 71.9. The molecule has 1 unspecified atom stereocenters. The van der Waals surface area contributed by atoms with Gasteiger partial charge in [-0.1, -0.05) is 24.3 Å². The van der Waals surface area contributed by atoms with Crippen LogP contribution in [0, 0.1) is 24.7 Å². The van der Waals surface area contributed by atoms with Crippen molar-refractivity contribution in [1.82, 2.24) is 30.2 Å². The fourth-order valence-corrected chi connectivity index (χ4v) is 10.1. The lowest BCUT2D eigenvalue weighted by molar-refractivity contribution is -0.152. The molecule has 1 saturated heterocycles. The Balaban J connectivity index is 0.955. The number of halogens is 4. The van der Waals surface area contributed by atoms with Crippen LogP contribution in [0.3, 0.4) is 0 Å². The zero-order valence-electron chi connectivity index (χ0n) is 35.3. The van der Waals surface area contributed by atoms with Gasteiger partial charge in [0.2, 0.25) is 5.89 Å². The van der Waals surface area contributed by atoms with Crippen molar-refractivity contribution in [2.75, 3.05) is 32.1 Å². The van der Waals surface area contributed by atoms with Gasteiger partial charge in [0.05, 0.1) is 24.1 Å². The van der Waals surface area contributed by atoms with Crippen LogP contribution >= 0.6 is 0 Å². The van der Waals surface area contributed by atoms with E-state index < -0.39 is 18.9 Å². The summed E-state index contributed by atoms with van der Waals surface area (Å²) in [7, 11) is 1.45. The monoisotopic (exact) mass is 867 g/mol. The van der Waals surface area contributed by atoms with Crippen LogP contribution in [0.2, 0.25) is 0 Å². The highest BCUT2D eigenvalue weighted by Crippen LogP contribution is 2.63. The zero-order valence-corrected chi connectivity index (χ0v) is 35.3. The highest BCUT2D eigenvalue weighted by atomic mass is 19.3. The van der Waals surface area contributed by atoms with Gasteiger partial charge in [-0.25, -0.2) is 23.7 Å². The molecule has 2 bridgehead atoms. The number of rotatable bonds is 15. The number of pyridine rings is 1. The van der Waals surface area contributed by atoms with Crippen LogP contribution in [0.4, 0.5) is 29.1 Å². The Kier molecular flexibility index (Phi) is 11.6. The molecule has 2 aliphatic carbocycles. The maximum atomic E-state index is 14.1. The van der Waals surface area contributed by atoms with Crippen molar-refractivity contribution >= 4 is 39.6 Å². The van der Waals surface area contributed by atoms with E-state index in [1.54, 1.807) is 18.3 Å². The van der Waals surface area contributed by atoms with Crippen molar-refractivity contribution in [3.05, 3.63) is 88.9 Å². The number of oxazole rings is 1. The molecule has 1 aliphatic heterocycles. The smallest absolute Gasteiger partial charge is 0.387 e. The van der Waals surface area contributed by atoms with Gasteiger partial charge in [0.1, 0.15) is 16.8 Å². The first kappa shape index (κ1) is 42.6. The molecule has 3 fully saturated rings. The van der Waals surface area contributed by atoms with Crippen LogP contribution in [0.1, 0.15) is 79.4 Å². The molecule has 4 heterocycles. The Bertz CT molecular complexity index is 2690. The molecule has 1 atom stereocenters. The van der Waals surface area contributed by atoms with Crippen LogP contribution in [-0.2, 0) is 22.6 Å². The molecular formula is C47H49F4N7O5. The largest absolute Gasteiger partial charge is 0.469 e. The minimum absolute atomic E-state index is 0.00156. The molecule has 3 aromatic heterocycles. The topological polar surface area (TPSA) is 148 Å². The maximum Gasteiger partial charge on any atom is 0.387 e. The molecule has 330 valence electrons. The minimum atomic E-state index is -3.04. The Labute approximate surface area is 361 Å². The number of β-amino-alcohol motifs (C(OH)–C–C–N with tert-alkyl or cyclic N) is 1. The number of benzene rings is 3. The minimum Gasteiger partial charge on any atom is -0.469 e. The number of aliphatic hydroxyl groups excluding tert-OH is 1. The standard InChI is InChI=1S/C47H49F4N7O5/c1-26-31(32-7-5-9-34(27(32)2)54-41-39-36(55-42(57-41)40(48)49)18-28(21-53-39)23-58-17-10-30(59)24-58)6-4-8-33(26)43-56-35-19-29(37(63-45(50)51)20-38(35)62-43)22-52-16-15-46-11-13-47(25-46,14-12-46)44(60)61-3/h4-9,18-21,30,40,45,52,59H,10-17,22-25H2,1-3H3,(H,54,55,57). The van der Waals surface area contributed by atoms with Crippen LogP contribution in [0.25, 0.3) is 44.7 Å². The first-order valence-corrected chi connectivity index (χ1v) is 21.3. The van der Waals surface area contributed by atoms with Crippen molar-refractivity contribution in [3.63, 3.8) is 0 Å². The Morgan fingerprint density at radius 3 is 2.46 bits per heavy atom. The number of aliphatic hydroxyl groups is 1. The molecule has 0 radical (unpaired) electrons. The number of esters is 1. The number of hydrogen-bond donors (Lipinski definition) is 3. The molecule has 0 spiro atoms. The van der Waals surface area contributed by atoms with Crippen LogP contribution in [0.5, 0.6) is 5.75 Å². The predicted molar refractivity (Wildman–Crippen MR) is 229 cm³/mol. The van der Waals surface area contributed by atoms with E-state index in [9.17, 15) is 27.5 Å². The fourth-order valence-electron chi connectivity index (χ4n) is 10.1. The number of alkyl halides is 4. The number of hydrogen-bond acceptors (Lipinski definition) is 12. The van der Waals surface area contributed by atoms with E-state index in [0.717, 1.165) is 72.9 Å². The number of carbonyl (C=O) groups excluding carboxylic acids is 1. The van der Waals surface area contributed by atoms with E-state index in [-0.39, 0.29) is 46.5 Å². The number of nitrogens with one attached hydrogen (secondary N) is 2. The van der Waals surface area contributed by atoms with E-state index in [4.69, 9.17) is 18.9 Å². The molecule has 9 rings (SSSR count). The van der Waals surface area contributed by atoms with E-state index >= 15 is 0 Å². The van der Waals surface area contributed by atoms with Crippen molar-refractivity contribution in [1.29, 1.82) is 0 Å². The van der Waals surface area contributed by atoms with Gasteiger partial charge in [0.15, 0.2) is 17.2 Å². The number of likely N-dealkylation sites (tertiary alicyclic amines) is 1. The van der Waals surface area contributed by atoms with Gasteiger partial charge in [0.25, 0.3) is 6.43 Å². The number of nitrogens with zero attached hydrogens (tertiary/aromatic N) is 5. The number of methoxy groups -OCH3 is 1. The highest BCUT2D eigenvalue weighted by molar-refractivity contribution is 5.89. The number of aromatic nitrogens is 4.